The number of ether oxygens (including phenoxy) is 1. The fourth-order valence-corrected chi connectivity index (χ4v) is 3.08. The van der Waals surface area contributed by atoms with E-state index in [4.69, 9.17) is 4.74 Å². The van der Waals surface area contributed by atoms with Crippen molar-refractivity contribution in [2.75, 3.05) is 47.4 Å². The average Bonchev–Trinajstić information content (AvgIpc) is 3.04. The molecule has 2 N–H and O–H groups in total. The molecule has 1 amide bonds. The lowest BCUT2D eigenvalue weighted by Gasteiger charge is -2.30. The highest BCUT2D eigenvalue weighted by Crippen LogP contribution is 2.40. The predicted molar refractivity (Wildman–Crippen MR) is 99.3 cm³/mol. The number of carbonyl (C=O) groups excluding carboxylic acids is 1. The highest BCUT2D eigenvalue weighted by atomic mass is 16.5. The fourth-order valence-electron chi connectivity index (χ4n) is 3.08. The van der Waals surface area contributed by atoms with Crippen molar-refractivity contribution in [3.05, 3.63) is 0 Å². The summed E-state index contributed by atoms with van der Waals surface area (Å²) in [6.45, 7) is 4.92. The second-order valence-electron chi connectivity index (χ2n) is 7.04. The lowest BCUT2D eigenvalue weighted by Crippen LogP contribution is -2.44. The third-order valence-corrected chi connectivity index (χ3v) is 4.83. The Kier molecular flexibility index (Phi) is 9.76. The zero-order valence-electron chi connectivity index (χ0n) is 16.0. The van der Waals surface area contributed by atoms with Crippen molar-refractivity contribution in [3.8, 4) is 0 Å². The standard InChI is InChI=1S/C18H36N4O2/c1-5-6-12-19-17(20-14-16(23)22(2)3)21-15-18(11-13-24-4)9-7-8-10-18/h5-15H2,1-4H3,(H2,19,20,21). The third-order valence-electron chi connectivity index (χ3n) is 4.83. The summed E-state index contributed by atoms with van der Waals surface area (Å²) in [5, 5.41) is 6.83. The van der Waals surface area contributed by atoms with Crippen molar-refractivity contribution < 1.29 is 9.53 Å². The Labute approximate surface area is 147 Å². The highest BCUT2D eigenvalue weighted by molar-refractivity contribution is 5.84. The molecule has 1 fully saturated rings. The number of hydrogen-bond acceptors (Lipinski definition) is 3. The first-order chi connectivity index (χ1) is 11.5. The minimum atomic E-state index is 0.0153. The molecule has 1 aliphatic carbocycles. The average molecular weight is 341 g/mol. The Morgan fingerprint density at radius 3 is 2.54 bits per heavy atom. The molecule has 0 radical (unpaired) electrons. The molecule has 1 rings (SSSR count). The lowest BCUT2D eigenvalue weighted by molar-refractivity contribution is -0.127. The summed E-state index contributed by atoms with van der Waals surface area (Å²) >= 11 is 0. The van der Waals surface area contributed by atoms with Crippen molar-refractivity contribution in [2.45, 2.75) is 51.9 Å². The van der Waals surface area contributed by atoms with Crippen LogP contribution in [0.5, 0.6) is 0 Å². The normalized spacial score (nSPS) is 16.9. The molecule has 0 aromatic rings. The number of carbonyl (C=O) groups is 1. The topological polar surface area (TPSA) is 66.0 Å². The van der Waals surface area contributed by atoms with Crippen molar-refractivity contribution in [1.82, 2.24) is 15.5 Å². The second kappa shape index (κ2) is 11.3. The van der Waals surface area contributed by atoms with E-state index in [-0.39, 0.29) is 12.5 Å². The summed E-state index contributed by atoms with van der Waals surface area (Å²) in [6.07, 6.45) is 8.37. The summed E-state index contributed by atoms with van der Waals surface area (Å²) in [5.74, 6) is 0.767. The van der Waals surface area contributed by atoms with Crippen LogP contribution in [0.15, 0.2) is 4.99 Å². The molecule has 0 aliphatic heterocycles. The highest BCUT2D eigenvalue weighted by Gasteiger charge is 2.33. The number of amides is 1. The van der Waals surface area contributed by atoms with E-state index >= 15 is 0 Å². The van der Waals surface area contributed by atoms with Gasteiger partial charge in [0.1, 0.15) is 6.54 Å². The van der Waals surface area contributed by atoms with Crippen LogP contribution in [-0.2, 0) is 9.53 Å². The smallest absolute Gasteiger partial charge is 0.243 e. The minimum Gasteiger partial charge on any atom is -0.385 e. The molecule has 0 saturated heterocycles. The van der Waals surface area contributed by atoms with Crippen molar-refractivity contribution in [2.24, 2.45) is 10.4 Å². The fraction of sp³-hybridized carbons (Fsp3) is 0.889. The van der Waals surface area contributed by atoms with Gasteiger partial charge in [0.25, 0.3) is 0 Å². The van der Waals surface area contributed by atoms with Crippen LogP contribution in [0.25, 0.3) is 0 Å². The monoisotopic (exact) mass is 340 g/mol. The third kappa shape index (κ3) is 7.51. The Morgan fingerprint density at radius 2 is 1.96 bits per heavy atom. The Morgan fingerprint density at radius 1 is 1.25 bits per heavy atom. The first-order valence-electron chi connectivity index (χ1n) is 9.24. The van der Waals surface area contributed by atoms with E-state index in [0.29, 0.717) is 5.41 Å². The zero-order chi connectivity index (χ0) is 17.8. The number of likely N-dealkylation sites (N-methyl/N-ethyl adjacent to an activating group) is 1. The van der Waals surface area contributed by atoms with Gasteiger partial charge in [0.15, 0.2) is 5.96 Å². The van der Waals surface area contributed by atoms with Gasteiger partial charge in [0.05, 0.1) is 0 Å². The Bertz CT molecular complexity index is 390. The van der Waals surface area contributed by atoms with Crippen LogP contribution in [0.3, 0.4) is 0 Å². The van der Waals surface area contributed by atoms with Crippen LogP contribution in [0.2, 0.25) is 0 Å². The first kappa shape index (κ1) is 20.7. The number of nitrogens with zero attached hydrogens (tertiary/aromatic N) is 2. The summed E-state index contributed by atoms with van der Waals surface area (Å²) in [4.78, 5) is 17.8. The quantitative estimate of drug-likeness (QED) is 0.363. The number of nitrogens with one attached hydrogen (secondary N) is 2. The number of rotatable bonds is 10. The van der Waals surface area contributed by atoms with Crippen molar-refractivity contribution >= 4 is 11.9 Å². The second-order valence-corrected chi connectivity index (χ2v) is 7.04. The van der Waals surface area contributed by atoms with Crippen LogP contribution < -0.4 is 10.6 Å². The molecule has 0 unspecified atom stereocenters. The molecule has 0 bridgehead atoms. The molecular formula is C18H36N4O2. The zero-order valence-corrected chi connectivity index (χ0v) is 16.0. The maximum atomic E-state index is 11.8. The molecule has 0 atom stereocenters. The molecule has 1 saturated carbocycles. The molecule has 6 heteroatoms. The number of guanidine groups is 1. The van der Waals surface area contributed by atoms with Crippen LogP contribution in [0.4, 0.5) is 0 Å². The van der Waals surface area contributed by atoms with Gasteiger partial charge in [-0.3, -0.25) is 4.79 Å². The van der Waals surface area contributed by atoms with Gasteiger partial charge in [-0.25, -0.2) is 4.99 Å². The number of unbranched alkanes of at least 4 members (excludes halogenated alkanes) is 1. The number of methoxy groups -OCH3 is 1. The van der Waals surface area contributed by atoms with Gasteiger partial charge in [-0.1, -0.05) is 26.2 Å². The van der Waals surface area contributed by atoms with E-state index in [1.807, 2.05) is 0 Å². The van der Waals surface area contributed by atoms with Gasteiger partial charge in [0.2, 0.25) is 5.91 Å². The van der Waals surface area contributed by atoms with Crippen molar-refractivity contribution in [3.63, 3.8) is 0 Å². The molecular weight excluding hydrogens is 304 g/mol. The van der Waals surface area contributed by atoms with Gasteiger partial charge >= 0.3 is 0 Å². The molecule has 6 nitrogen and oxygen atoms in total. The molecule has 0 aromatic carbocycles. The minimum absolute atomic E-state index is 0.0153. The van der Waals surface area contributed by atoms with E-state index in [1.54, 1.807) is 26.1 Å². The van der Waals surface area contributed by atoms with Crippen LogP contribution in [0.1, 0.15) is 51.9 Å². The summed E-state index contributed by atoms with van der Waals surface area (Å²) < 4.78 is 5.30. The van der Waals surface area contributed by atoms with Crippen LogP contribution >= 0.6 is 0 Å². The van der Waals surface area contributed by atoms with E-state index < -0.39 is 0 Å². The molecule has 0 heterocycles. The molecule has 24 heavy (non-hydrogen) atoms. The predicted octanol–water partition coefficient (Wildman–Crippen LogP) is 2.01. The summed E-state index contributed by atoms with van der Waals surface area (Å²) in [5.41, 5.74) is 0.300. The Hall–Kier alpha value is -1.30. The van der Waals surface area contributed by atoms with E-state index in [1.165, 1.54) is 25.7 Å². The maximum absolute atomic E-state index is 11.8. The van der Waals surface area contributed by atoms with Gasteiger partial charge in [-0.05, 0) is 31.1 Å². The van der Waals surface area contributed by atoms with Gasteiger partial charge in [-0.2, -0.15) is 0 Å². The lowest BCUT2D eigenvalue weighted by atomic mass is 9.83. The maximum Gasteiger partial charge on any atom is 0.243 e. The van der Waals surface area contributed by atoms with Gasteiger partial charge in [0, 0.05) is 40.9 Å². The van der Waals surface area contributed by atoms with Crippen molar-refractivity contribution in [1.29, 1.82) is 0 Å². The first-order valence-corrected chi connectivity index (χ1v) is 9.24. The summed E-state index contributed by atoms with van der Waals surface area (Å²) in [7, 11) is 5.28. The van der Waals surface area contributed by atoms with Crippen LogP contribution in [0, 0.1) is 5.41 Å². The number of hydrogen-bond donors (Lipinski definition) is 2. The molecule has 140 valence electrons. The van der Waals surface area contributed by atoms with E-state index in [9.17, 15) is 4.79 Å². The van der Waals surface area contributed by atoms with E-state index in [0.717, 1.165) is 44.9 Å². The molecule has 0 aromatic heterocycles. The summed E-state index contributed by atoms with van der Waals surface area (Å²) in [6, 6.07) is 0. The van der Waals surface area contributed by atoms with E-state index in [2.05, 4.69) is 22.5 Å². The molecule has 0 spiro atoms. The Balaban J connectivity index is 2.61. The number of aliphatic imine (C=N–C) groups is 1. The van der Waals surface area contributed by atoms with Gasteiger partial charge in [-0.15, -0.1) is 0 Å². The van der Waals surface area contributed by atoms with Gasteiger partial charge < -0.3 is 20.3 Å². The molecule has 1 aliphatic rings. The van der Waals surface area contributed by atoms with Crippen LogP contribution in [-0.4, -0.2) is 64.2 Å². The SMILES string of the molecule is CCCCNC(=NCC(=O)N(C)C)NCC1(CCOC)CCCC1. The largest absolute Gasteiger partial charge is 0.385 e.